The van der Waals surface area contributed by atoms with Gasteiger partial charge < -0.3 is 5.11 Å². The second kappa shape index (κ2) is 5.02. The molecule has 1 unspecified atom stereocenters. The Bertz CT molecular complexity index is 385. The van der Waals surface area contributed by atoms with Gasteiger partial charge in [-0.05, 0) is 49.1 Å². The van der Waals surface area contributed by atoms with Gasteiger partial charge in [0.05, 0.1) is 0 Å². The number of hydrogen-bond acceptors (Lipinski definition) is 2. The molecule has 2 nitrogen and oxygen atoms in total. The summed E-state index contributed by atoms with van der Waals surface area (Å²) >= 11 is 0. The number of hydrogen-bond donors (Lipinski definition) is 1. The third-order valence-corrected chi connectivity index (χ3v) is 4.83. The maximum Gasteiger partial charge on any atom is 0.0490 e. The van der Waals surface area contributed by atoms with Crippen LogP contribution >= 0.6 is 0 Å². The Morgan fingerprint density at radius 3 is 2.67 bits per heavy atom. The molecular weight excluding hydrogens is 222 g/mol. The van der Waals surface area contributed by atoms with Crippen molar-refractivity contribution in [3.63, 3.8) is 0 Å². The summed E-state index contributed by atoms with van der Waals surface area (Å²) in [4.78, 5) is 2.57. The molecule has 0 aromatic heterocycles. The Balaban J connectivity index is 1.61. The summed E-state index contributed by atoms with van der Waals surface area (Å²) in [6.45, 7) is 3.86. The van der Waals surface area contributed by atoms with Gasteiger partial charge in [-0.25, -0.2) is 0 Å². The molecule has 98 valence electrons. The number of likely N-dealkylation sites (tertiary alicyclic amines) is 1. The molecule has 1 aromatic rings. The van der Waals surface area contributed by atoms with E-state index >= 15 is 0 Å². The van der Waals surface area contributed by atoms with E-state index in [1.165, 1.54) is 44.3 Å². The Morgan fingerprint density at radius 1 is 1.22 bits per heavy atom. The number of piperidine rings is 1. The first-order valence-corrected chi connectivity index (χ1v) is 7.19. The van der Waals surface area contributed by atoms with Crippen LogP contribution in [0, 0.1) is 11.3 Å². The molecule has 18 heavy (non-hydrogen) atoms. The van der Waals surface area contributed by atoms with Crippen LogP contribution in [0.5, 0.6) is 0 Å². The molecule has 2 heteroatoms. The van der Waals surface area contributed by atoms with Crippen LogP contribution in [-0.4, -0.2) is 29.7 Å². The van der Waals surface area contributed by atoms with E-state index in [9.17, 15) is 5.11 Å². The number of aliphatic hydroxyl groups is 1. The summed E-state index contributed by atoms with van der Waals surface area (Å²) in [5, 5.41) is 9.57. The van der Waals surface area contributed by atoms with Crippen LogP contribution in [0.15, 0.2) is 30.3 Å². The molecule has 3 rings (SSSR count). The van der Waals surface area contributed by atoms with Crippen molar-refractivity contribution >= 4 is 0 Å². The van der Waals surface area contributed by atoms with Gasteiger partial charge >= 0.3 is 0 Å². The SMILES string of the molecule is OCC1(C2CCCN(Cc3ccccc3)C2)CC1. The first-order chi connectivity index (χ1) is 8.82. The van der Waals surface area contributed by atoms with Crippen molar-refractivity contribution in [3.8, 4) is 0 Å². The highest BCUT2D eigenvalue weighted by Gasteiger charge is 2.49. The Hall–Kier alpha value is -0.860. The first-order valence-electron chi connectivity index (χ1n) is 7.19. The minimum Gasteiger partial charge on any atom is -0.396 e. The van der Waals surface area contributed by atoms with Crippen LogP contribution in [0.4, 0.5) is 0 Å². The summed E-state index contributed by atoms with van der Waals surface area (Å²) < 4.78 is 0. The summed E-state index contributed by atoms with van der Waals surface area (Å²) in [5.74, 6) is 0.722. The normalized spacial score (nSPS) is 27.1. The summed E-state index contributed by atoms with van der Waals surface area (Å²) in [5.41, 5.74) is 1.71. The fourth-order valence-electron chi connectivity index (χ4n) is 3.40. The van der Waals surface area contributed by atoms with Crippen LogP contribution in [0.3, 0.4) is 0 Å². The Labute approximate surface area is 110 Å². The van der Waals surface area contributed by atoms with E-state index in [0.717, 1.165) is 12.5 Å². The van der Waals surface area contributed by atoms with Crippen LogP contribution in [0.25, 0.3) is 0 Å². The highest BCUT2D eigenvalue weighted by molar-refractivity contribution is 5.14. The van der Waals surface area contributed by atoms with Gasteiger partial charge in [-0.3, -0.25) is 4.90 Å². The second-order valence-corrected chi connectivity index (χ2v) is 6.08. The molecule has 2 aliphatic rings. The molecule has 0 amide bonds. The Kier molecular flexibility index (Phi) is 3.40. The fraction of sp³-hybridized carbons (Fsp3) is 0.625. The van der Waals surface area contributed by atoms with Crippen molar-refractivity contribution in [2.24, 2.45) is 11.3 Å². The predicted molar refractivity (Wildman–Crippen MR) is 73.2 cm³/mol. The first kappa shape index (κ1) is 12.2. The number of nitrogens with zero attached hydrogens (tertiary/aromatic N) is 1. The smallest absolute Gasteiger partial charge is 0.0490 e. The maximum atomic E-state index is 9.57. The average Bonchev–Trinajstić information content (AvgIpc) is 3.21. The maximum absolute atomic E-state index is 9.57. The van der Waals surface area contributed by atoms with Crippen molar-refractivity contribution < 1.29 is 5.11 Å². The molecule has 0 spiro atoms. The van der Waals surface area contributed by atoms with Gasteiger partial charge in [-0.15, -0.1) is 0 Å². The lowest BCUT2D eigenvalue weighted by Gasteiger charge is -2.36. The molecule has 0 radical (unpaired) electrons. The van der Waals surface area contributed by atoms with Crippen LogP contribution in [-0.2, 0) is 6.54 Å². The van der Waals surface area contributed by atoms with Gasteiger partial charge in [0.25, 0.3) is 0 Å². The third kappa shape index (κ3) is 2.45. The van der Waals surface area contributed by atoms with Crippen molar-refractivity contribution in [3.05, 3.63) is 35.9 Å². The molecule has 1 aliphatic carbocycles. The van der Waals surface area contributed by atoms with E-state index in [0.29, 0.717) is 12.0 Å². The van der Waals surface area contributed by atoms with Gasteiger partial charge in [0.2, 0.25) is 0 Å². The van der Waals surface area contributed by atoms with E-state index in [2.05, 4.69) is 35.2 Å². The zero-order valence-corrected chi connectivity index (χ0v) is 11.0. The lowest BCUT2D eigenvalue weighted by atomic mass is 9.83. The van der Waals surface area contributed by atoms with Crippen molar-refractivity contribution in [2.45, 2.75) is 32.2 Å². The summed E-state index contributed by atoms with van der Waals surface area (Å²) in [6, 6.07) is 10.7. The van der Waals surface area contributed by atoms with Gasteiger partial charge in [0.1, 0.15) is 0 Å². The van der Waals surface area contributed by atoms with Gasteiger partial charge in [-0.1, -0.05) is 30.3 Å². The van der Waals surface area contributed by atoms with Crippen LogP contribution in [0.2, 0.25) is 0 Å². The van der Waals surface area contributed by atoms with Gasteiger partial charge in [0.15, 0.2) is 0 Å². The molecule has 1 saturated carbocycles. The summed E-state index contributed by atoms with van der Waals surface area (Å²) in [6.07, 6.45) is 5.09. The topological polar surface area (TPSA) is 23.5 Å². The minimum atomic E-state index is 0.301. The highest BCUT2D eigenvalue weighted by Crippen LogP contribution is 2.54. The fourth-order valence-corrected chi connectivity index (χ4v) is 3.40. The quantitative estimate of drug-likeness (QED) is 0.881. The van der Waals surface area contributed by atoms with Crippen molar-refractivity contribution in [2.75, 3.05) is 19.7 Å². The van der Waals surface area contributed by atoms with Crippen LogP contribution < -0.4 is 0 Å². The van der Waals surface area contributed by atoms with E-state index in [1.54, 1.807) is 0 Å². The number of benzene rings is 1. The molecular formula is C16H23NO. The highest BCUT2D eigenvalue weighted by atomic mass is 16.3. The third-order valence-electron chi connectivity index (χ3n) is 4.83. The minimum absolute atomic E-state index is 0.301. The largest absolute Gasteiger partial charge is 0.396 e. The Morgan fingerprint density at radius 2 is 2.00 bits per heavy atom. The van der Waals surface area contributed by atoms with Crippen molar-refractivity contribution in [1.82, 2.24) is 4.90 Å². The molecule has 1 aromatic carbocycles. The zero-order valence-electron chi connectivity index (χ0n) is 11.0. The molecule has 1 saturated heterocycles. The van der Waals surface area contributed by atoms with E-state index in [4.69, 9.17) is 0 Å². The molecule has 0 bridgehead atoms. The molecule has 2 fully saturated rings. The van der Waals surface area contributed by atoms with E-state index in [1.807, 2.05) is 0 Å². The number of aliphatic hydroxyl groups excluding tert-OH is 1. The molecule has 1 aliphatic heterocycles. The van der Waals surface area contributed by atoms with Crippen LogP contribution in [0.1, 0.15) is 31.2 Å². The second-order valence-electron chi connectivity index (χ2n) is 6.08. The zero-order chi connectivity index (χ0) is 12.4. The predicted octanol–water partition coefficient (Wildman–Crippen LogP) is 2.67. The van der Waals surface area contributed by atoms with Gasteiger partial charge in [0, 0.05) is 19.7 Å². The van der Waals surface area contributed by atoms with E-state index in [-0.39, 0.29) is 0 Å². The summed E-state index contributed by atoms with van der Waals surface area (Å²) in [7, 11) is 0. The monoisotopic (exact) mass is 245 g/mol. The molecule has 1 atom stereocenters. The molecule has 1 N–H and O–H groups in total. The lowest BCUT2D eigenvalue weighted by molar-refractivity contribution is 0.0785. The lowest BCUT2D eigenvalue weighted by Crippen LogP contribution is -2.39. The van der Waals surface area contributed by atoms with E-state index < -0.39 is 0 Å². The van der Waals surface area contributed by atoms with Crippen molar-refractivity contribution in [1.29, 1.82) is 0 Å². The number of rotatable bonds is 4. The van der Waals surface area contributed by atoms with Gasteiger partial charge in [-0.2, -0.15) is 0 Å². The average molecular weight is 245 g/mol. The standard InChI is InChI=1S/C16H23NO/c18-13-16(8-9-16)15-7-4-10-17(12-15)11-14-5-2-1-3-6-14/h1-3,5-6,15,18H,4,7-13H2. The molecule has 1 heterocycles.